The highest BCUT2D eigenvalue weighted by atomic mass is 79.9. The van der Waals surface area contributed by atoms with Crippen molar-refractivity contribution in [1.82, 2.24) is 5.32 Å². The fraction of sp³-hybridized carbons (Fsp3) is 0.500. The maximum absolute atomic E-state index is 13.1. The largest absolute Gasteiger partial charge is 0.316 e. The number of piperidine rings is 1. The van der Waals surface area contributed by atoms with Gasteiger partial charge < -0.3 is 5.32 Å². The molecule has 1 aromatic rings. The van der Waals surface area contributed by atoms with E-state index in [9.17, 15) is 12.8 Å². The van der Waals surface area contributed by atoms with Gasteiger partial charge in [0.15, 0.2) is 0 Å². The highest BCUT2D eigenvalue weighted by Gasteiger charge is 2.21. The summed E-state index contributed by atoms with van der Waals surface area (Å²) in [5.74, 6) is -0.191. The summed E-state index contributed by atoms with van der Waals surface area (Å²) in [7, 11) is -3.40. The van der Waals surface area contributed by atoms with Crippen LogP contribution in [0.15, 0.2) is 22.7 Å². The lowest BCUT2D eigenvalue weighted by Gasteiger charge is -2.22. The normalized spacial score (nSPS) is 20.2. The zero-order valence-electron chi connectivity index (χ0n) is 10.3. The number of anilines is 1. The third-order valence-corrected chi connectivity index (χ3v) is 5.11. The van der Waals surface area contributed by atoms with Gasteiger partial charge in [-0.2, -0.15) is 0 Å². The van der Waals surface area contributed by atoms with Crippen LogP contribution < -0.4 is 10.0 Å². The van der Waals surface area contributed by atoms with E-state index in [0.29, 0.717) is 5.69 Å². The van der Waals surface area contributed by atoms with E-state index in [1.165, 1.54) is 18.2 Å². The van der Waals surface area contributed by atoms with E-state index >= 15 is 0 Å². The second-order valence-corrected chi connectivity index (χ2v) is 7.35. The Hall–Kier alpha value is -0.660. The van der Waals surface area contributed by atoms with Crippen LogP contribution in [0.1, 0.15) is 12.8 Å². The Morgan fingerprint density at radius 3 is 2.89 bits per heavy atom. The molecule has 1 atom stereocenters. The van der Waals surface area contributed by atoms with Gasteiger partial charge in [0.25, 0.3) is 0 Å². The molecule has 1 aromatic carbocycles. The molecule has 1 heterocycles. The molecule has 1 aliphatic rings. The summed E-state index contributed by atoms with van der Waals surface area (Å²) in [6, 6.07) is 4.06. The van der Waals surface area contributed by atoms with Gasteiger partial charge in [-0.15, -0.1) is 0 Å². The minimum Gasteiger partial charge on any atom is -0.316 e. The standard InChI is InChI=1S/C12H16BrFN2O2S/c13-11-6-10(3-4-12(11)14)16-19(17,18)8-9-2-1-5-15-7-9/h3-4,6,9,15-16H,1-2,5,7-8H2. The molecule has 4 nitrogen and oxygen atoms in total. The van der Waals surface area contributed by atoms with Crippen molar-refractivity contribution in [3.63, 3.8) is 0 Å². The molecule has 1 fully saturated rings. The van der Waals surface area contributed by atoms with Crippen molar-refractivity contribution in [2.45, 2.75) is 12.8 Å². The minimum atomic E-state index is -3.40. The van der Waals surface area contributed by atoms with Crippen molar-refractivity contribution < 1.29 is 12.8 Å². The molecule has 1 saturated heterocycles. The zero-order chi connectivity index (χ0) is 13.9. The lowest BCUT2D eigenvalue weighted by atomic mass is 10.0. The molecule has 2 N–H and O–H groups in total. The summed E-state index contributed by atoms with van der Waals surface area (Å²) < 4.78 is 39.8. The molecular weight excluding hydrogens is 335 g/mol. The molecule has 0 saturated carbocycles. The van der Waals surface area contributed by atoms with Crippen LogP contribution in [0.25, 0.3) is 0 Å². The molecule has 0 aromatic heterocycles. The molecule has 1 unspecified atom stereocenters. The monoisotopic (exact) mass is 350 g/mol. The van der Waals surface area contributed by atoms with E-state index in [-0.39, 0.29) is 16.1 Å². The van der Waals surface area contributed by atoms with Gasteiger partial charge in [0.05, 0.1) is 10.2 Å². The second kappa shape index (κ2) is 6.19. The van der Waals surface area contributed by atoms with Gasteiger partial charge >= 0.3 is 0 Å². The topological polar surface area (TPSA) is 58.2 Å². The molecule has 0 aliphatic carbocycles. The molecule has 19 heavy (non-hydrogen) atoms. The van der Waals surface area contributed by atoms with E-state index in [4.69, 9.17) is 0 Å². The summed E-state index contributed by atoms with van der Waals surface area (Å²) in [6.45, 7) is 1.68. The molecule has 1 aliphatic heterocycles. The quantitative estimate of drug-likeness (QED) is 0.876. The van der Waals surface area contributed by atoms with Crippen LogP contribution in [0.2, 0.25) is 0 Å². The Labute approximate surface area is 121 Å². The van der Waals surface area contributed by atoms with Gasteiger partial charge in [-0.3, -0.25) is 4.72 Å². The number of benzene rings is 1. The molecule has 0 spiro atoms. The van der Waals surface area contributed by atoms with Crippen LogP contribution in [0.4, 0.5) is 10.1 Å². The third kappa shape index (κ3) is 4.43. The fourth-order valence-electron chi connectivity index (χ4n) is 2.16. The SMILES string of the molecule is O=S(=O)(CC1CCCNC1)Nc1ccc(F)c(Br)c1. The van der Waals surface area contributed by atoms with Gasteiger partial charge in [-0.05, 0) is 66.0 Å². The summed E-state index contributed by atoms with van der Waals surface area (Å²) in [5, 5.41) is 3.19. The number of rotatable bonds is 4. The Morgan fingerprint density at radius 1 is 1.47 bits per heavy atom. The van der Waals surface area contributed by atoms with Crippen molar-refractivity contribution in [3.8, 4) is 0 Å². The van der Waals surface area contributed by atoms with Crippen LogP contribution in [-0.2, 0) is 10.0 Å². The highest BCUT2D eigenvalue weighted by Crippen LogP contribution is 2.21. The van der Waals surface area contributed by atoms with Gasteiger partial charge in [0.1, 0.15) is 5.82 Å². The molecule has 106 valence electrons. The average molecular weight is 351 g/mol. The number of hydrogen-bond donors (Lipinski definition) is 2. The first kappa shape index (κ1) is 14.7. The van der Waals surface area contributed by atoms with Crippen molar-refractivity contribution in [2.75, 3.05) is 23.6 Å². The summed E-state index contributed by atoms with van der Waals surface area (Å²) in [6.07, 6.45) is 1.92. The van der Waals surface area contributed by atoms with E-state index in [1.54, 1.807) is 0 Å². The van der Waals surface area contributed by atoms with E-state index in [1.807, 2.05) is 0 Å². The van der Waals surface area contributed by atoms with E-state index < -0.39 is 15.8 Å². The Bertz CT molecular complexity index is 545. The average Bonchev–Trinajstić information content (AvgIpc) is 2.34. The first-order valence-electron chi connectivity index (χ1n) is 6.12. The lowest BCUT2D eigenvalue weighted by molar-refractivity contribution is 0.404. The first-order valence-corrected chi connectivity index (χ1v) is 8.57. The van der Waals surface area contributed by atoms with Crippen molar-refractivity contribution in [3.05, 3.63) is 28.5 Å². The Morgan fingerprint density at radius 2 is 2.26 bits per heavy atom. The second-order valence-electron chi connectivity index (χ2n) is 4.72. The predicted molar refractivity (Wildman–Crippen MR) is 77.1 cm³/mol. The molecule has 0 amide bonds. The molecule has 0 radical (unpaired) electrons. The number of halogens is 2. The minimum absolute atomic E-state index is 0.0923. The fourth-order valence-corrected chi connectivity index (χ4v) is 4.01. The van der Waals surface area contributed by atoms with Crippen LogP contribution in [0.5, 0.6) is 0 Å². The molecule has 0 bridgehead atoms. The molecule has 2 rings (SSSR count). The third-order valence-electron chi connectivity index (χ3n) is 3.05. The summed E-state index contributed by atoms with van der Waals surface area (Å²) >= 11 is 3.03. The Kier molecular flexibility index (Phi) is 4.81. The van der Waals surface area contributed by atoms with Gasteiger partial charge in [-0.25, -0.2) is 12.8 Å². The smallest absolute Gasteiger partial charge is 0.233 e. The van der Waals surface area contributed by atoms with E-state index in [2.05, 4.69) is 26.0 Å². The zero-order valence-corrected chi connectivity index (χ0v) is 12.7. The van der Waals surface area contributed by atoms with Gasteiger partial charge in [-0.1, -0.05) is 0 Å². The maximum Gasteiger partial charge on any atom is 0.233 e. The summed E-state index contributed by atoms with van der Waals surface area (Å²) in [5.41, 5.74) is 0.372. The predicted octanol–water partition coefficient (Wildman–Crippen LogP) is 2.33. The van der Waals surface area contributed by atoms with Crippen LogP contribution >= 0.6 is 15.9 Å². The molecular formula is C12H16BrFN2O2S. The van der Waals surface area contributed by atoms with Gasteiger partial charge in [0.2, 0.25) is 10.0 Å². The number of hydrogen-bond acceptors (Lipinski definition) is 3. The van der Waals surface area contributed by atoms with Crippen molar-refractivity contribution >= 4 is 31.6 Å². The van der Waals surface area contributed by atoms with Crippen molar-refractivity contribution in [2.24, 2.45) is 5.92 Å². The van der Waals surface area contributed by atoms with Crippen LogP contribution in [0, 0.1) is 11.7 Å². The lowest BCUT2D eigenvalue weighted by Crippen LogP contribution is -2.35. The number of sulfonamides is 1. The summed E-state index contributed by atoms with van der Waals surface area (Å²) in [4.78, 5) is 0. The van der Waals surface area contributed by atoms with Gasteiger partial charge in [0, 0.05) is 5.69 Å². The Balaban J connectivity index is 2.01. The molecule has 7 heteroatoms. The van der Waals surface area contributed by atoms with Crippen LogP contribution in [-0.4, -0.2) is 27.3 Å². The van der Waals surface area contributed by atoms with Crippen LogP contribution in [0.3, 0.4) is 0 Å². The van der Waals surface area contributed by atoms with E-state index in [0.717, 1.165) is 25.9 Å². The number of nitrogens with one attached hydrogen (secondary N) is 2. The highest BCUT2D eigenvalue weighted by molar-refractivity contribution is 9.10. The van der Waals surface area contributed by atoms with Crippen molar-refractivity contribution in [1.29, 1.82) is 0 Å². The first-order chi connectivity index (χ1) is 8.96. The maximum atomic E-state index is 13.1.